The smallest absolute Gasteiger partial charge is 0.333 e. The summed E-state index contributed by atoms with van der Waals surface area (Å²) >= 11 is 0. The largest absolute Gasteiger partial charge is 0.508 e. The van der Waals surface area contributed by atoms with Crippen molar-refractivity contribution in [1.29, 1.82) is 0 Å². The van der Waals surface area contributed by atoms with Crippen LogP contribution in [0, 0.1) is 0 Å². The van der Waals surface area contributed by atoms with Crippen molar-refractivity contribution in [3.63, 3.8) is 0 Å². The standard InChI is InChI=1S/C9H16O2.C9H10O/c1-6-9(4,5)11-8(10)7(2)3;1-7(2)8-3-5-9(10)6-4-8/h2,6H2,1,3-5H3;3-6,10H,1H2,2H3. The number of phenolic OH excluding ortho intramolecular Hbond substituents is 1. The van der Waals surface area contributed by atoms with Crippen LogP contribution in [-0.2, 0) is 9.53 Å². The number of esters is 1. The van der Waals surface area contributed by atoms with Gasteiger partial charge < -0.3 is 9.84 Å². The minimum Gasteiger partial charge on any atom is -0.508 e. The van der Waals surface area contributed by atoms with Gasteiger partial charge in [0, 0.05) is 5.57 Å². The Kier molecular flexibility index (Phi) is 7.50. The Morgan fingerprint density at radius 3 is 2.00 bits per heavy atom. The number of benzene rings is 1. The van der Waals surface area contributed by atoms with Gasteiger partial charge in [0.2, 0.25) is 0 Å². The molecule has 0 aliphatic carbocycles. The molecule has 0 heterocycles. The summed E-state index contributed by atoms with van der Waals surface area (Å²) in [5.74, 6) is -0.0122. The van der Waals surface area contributed by atoms with E-state index in [9.17, 15) is 4.79 Å². The molecule has 3 nitrogen and oxygen atoms in total. The molecule has 0 bridgehead atoms. The summed E-state index contributed by atoms with van der Waals surface area (Å²) < 4.78 is 5.11. The van der Waals surface area contributed by atoms with E-state index in [1.807, 2.05) is 39.8 Å². The number of allylic oxidation sites excluding steroid dienone is 1. The first-order valence-electron chi connectivity index (χ1n) is 6.93. The fourth-order valence-electron chi connectivity index (χ4n) is 1.16. The molecule has 116 valence electrons. The summed E-state index contributed by atoms with van der Waals surface area (Å²) in [6.07, 6.45) is 0.812. The van der Waals surface area contributed by atoms with E-state index in [0.29, 0.717) is 11.3 Å². The van der Waals surface area contributed by atoms with Gasteiger partial charge in [-0.1, -0.05) is 37.8 Å². The van der Waals surface area contributed by atoms with E-state index in [1.165, 1.54) is 0 Å². The third-order valence-electron chi connectivity index (χ3n) is 2.93. The molecule has 0 aromatic heterocycles. The second-order valence-electron chi connectivity index (χ2n) is 5.61. The fourth-order valence-corrected chi connectivity index (χ4v) is 1.16. The van der Waals surface area contributed by atoms with Crippen molar-refractivity contribution in [2.45, 2.75) is 46.6 Å². The van der Waals surface area contributed by atoms with Gasteiger partial charge in [-0.15, -0.1) is 0 Å². The van der Waals surface area contributed by atoms with Crippen LogP contribution < -0.4 is 0 Å². The van der Waals surface area contributed by atoms with Crippen LogP contribution >= 0.6 is 0 Å². The van der Waals surface area contributed by atoms with Gasteiger partial charge in [0.15, 0.2) is 0 Å². The highest BCUT2D eigenvalue weighted by molar-refractivity contribution is 5.87. The maximum atomic E-state index is 11.0. The lowest BCUT2D eigenvalue weighted by Gasteiger charge is -2.23. The van der Waals surface area contributed by atoms with Gasteiger partial charge in [0.05, 0.1) is 0 Å². The Morgan fingerprint density at radius 1 is 1.19 bits per heavy atom. The first-order chi connectivity index (χ1) is 9.59. The molecular formula is C18H26O3. The summed E-state index contributed by atoms with van der Waals surface area (Å²) in [6.45, 7) is 16.6. The molecule has 0 fully saturated rings. The van der Waals surface area contributed by atoms with Crippen LogP contribution in [0.15, 0.2) is 43.0 Å². The van der Waals surface area contributed by atoms with Crippen molar-refractivity contribution in [3.8, 4) is 5.75 Å². The van der Waals surface area contributed by atoms with Gasteiger partial charge in [-0.2, -0.15) is 0 Å². The number of carbonyl (C=O) groups excluding carboxylic acids is 1. The third kappa shape index (κ3) is 7.98. The van der Waals surface area contributed by atoms with Crippen molar-refractivity contribution < 1.29 is 14.6 Å². The van der Waals surface area contributed by atoms with Crippen molar-refractivity contribution in [2.24, 2.45) is 0 Å². The van der Waals surface area contributed by atoms with E-state index in [1.54, 1.807) is 19.1 Å². The van der Waals surface area contributed by atoms with Gasteiger partial charge >= 0.3 is 5.97 Å². The van der Waals surface area contributed by atoms with Crippen LogP contribution in [0.4, 0.5) is 0 Å². The predicted molar refractivity (Wildman–Crippen MR) is 88.1 cm³/mol. The zero-order valence-electron chi connectivity index (χ0n) is 13.7. The topological polar surface area (TPSA) is 46.5 Å². The highest BCUT2D eigenvalue weighted by Crippen LogP contribution is 2.15. The monoisotopic (exact) mass is 290 g/mol. The van der Waals surface area contributed by atoms with Crippen LogP contribution in [0.5, 0.6) is 5.75 Å². The third-order valence-corrected chi connectivity index (χ3v) is 2.93. The lowest BCUT2D eigenvalue weighted by atomic mass is 10.1. The molecule has 0 spiro atoms. The Bertz CT molecular complexity index is 496. The summed E-state index contributed by atoms with van der Waals surface area (Å²) in [7, 11) is 0. The minimum atomic E-state index is -0.365. The molecule has 0 unspecified atom stereocenters. The molecule has 21 heavy (non-hydrogen) atoms. The van der Waals surface area contributed by atoms with E-state index in [0.717, 1.165) is 17.6 Å². The fraction of sp³-hybridized carbons (Fsp3) is 0.389. The number of phenols is 1. The molecule has 0 aliphatic heterocycles. The zero-order chi connectivity index (χ0) is 16.6. The molecule has 0 saturated heterocycles. The Hall–Kier alpha value is -2.03. The van der Waals surface area contributed by atoms with Crippen LogP contribution in [0.1, 0.15) is 46.6 Å². The molecular weight excluding hydrogens is 264 g/mol. The van der Waals surface area contributed by atoms with Crippen molar-refractivity contribution >= 4 is 11.5 Å². The molecule has 0 saturated carbocycles. The molecule has 0 amide bonds. The summed E-state index contributed by atoms with van der Waals surface area (Å²) in [4.78, 5) is 11.0. The van der Waals surface area contributed by atoms with E-state index in [-0.39, 0.29) is 11.6 Å². The van der Waals surface area contributed by atoms with Crippen molar-refractivity contribution in [3.05, 3.63) is 48.6 Å². The van der Waals surface area contributed by atoms with E-state index >= 15 is 0 Å². The normalized spacial score (nSPS) is 10.1. The van der Waals surface area contributed by atoms with Gasteiger partial charge in [-0.05, 0) is 51.8 Å². The molecule has 3 heteroatoms. The maximum absolute atomic E-state index is 11.0. The average Bonchev–Trinajstić information content (AvgIpc) is 2.39. The van der Waals surface area contributed by atoms with Gasteiger partial charge in [-0.25, -0.2) is 4.79 Å². The highest BCUT2D eigenvalue weighted by Gasteiger charge is 2.20. The van der Waals surface area contributed by atoms with Gasteiger partial charge in [0.1, 0.15) is 11.4 Å². The van der Waals surface area contributed by atoms with Gasteiger partial charge in [-0.3, -0.25) is 0 Å². The Balaban J connectivity index is 0.000000382. The number of rotatable bonds is 4. The molecule has 1 aromatic carbocycles. The number of ether oxygens (including phenoxy) is 1. The maximum Gasteiger partial charge on any atom is 0.333 e. The number of hydrogen-bond acceptors (Lipinski definition) is 3. The minimum absolute atomic E-state index is 0.296. The highest BCUT2D eigenvalue weighted by atomic mass is 16.6. The van der Waals surface area contributed by atoms with E-state index in [2.05, 4.69) is 13.2 Å². The van der Waals surface area contributed by atoms with Crippen molar-refractivity contribution in [1.82, 2.24) is 0 Å². The second-order valence-corrected chi connectivity index (χ2v) is 5.61. The van der Waals surface area contributed by atoms with Crippen LogP contribution in [0.3, 0.4) is 0 Å². The molecule has 1 N–H and O–H groups in total. The van der Waals surface area contributed by atoms with Gasteiger partial charge in [0.25, 0.3) is 0 Å². The first kappa shape index (κ1) is 19.0. The Labute approximate surface area is 128 Å². The quantitative estimate of drug-likeness (QED) is 0.644. The lowest BCUT2D eigenvalue weighted by molar-refractivity contribution is -0.151. The number of hydrogen-bond donors (Lipinski definition) is 1. The van der Waals surface area contributed by atoms with Crippen molar-refractivity contribution in [2.75, 3.05) is 0 Å². The number of aromatic hydroxyl groups is 1. The molecule has 1 aromatic rings. The molecule has 0 atom stereocenters. The Morgan fingerprint density at radius 2 is 1.67 bits per heavy atom. The van der Waals surface area contributed by atoms with Crippen LogP contribution in [0.2, 0.25) is 0 Å². The van der Waals surface area contributed by atoms with Crippen LogP contribution in [0.25, 0.3) is 5.57 Å². The summed E-state index contributed by atoms with van der Waals surface area (Å²) in [5, 5.41) is 8.91. The number of carbonyl (C=O) groups is 1. The lowest BCUT2D eigenvalue weighted by Crippen LogP contribution is -2.27. The first-order valence-corrected chi connectivity index (χ1v) is 6.93. The summed E-state index contributed by atoms with van der Waals surface area (Å²) in [5.41, 5.74) is 2.17. The zero-order valence-corrected chi connectivity index (χ0v) is 13.7. The van der Waals surface area contributed by atoms with E-state index in [4.69, 9.17) is 9.84 Å². The summed E-state index contributed by atoms with van der Waals surface area (Å²) in [6, 6.07) is 7.00. The second kappa shape index (κ2) is 8.30. The van der Waals surface area contributed by atoms with E-state index < -0.39 is 0 Å². The SMILES string of the molecule is C=C(C)C(=O)OC(C)(C)CC.C=C(C)c1ccc(O)cc1. The molecule has 1 rings (SSSR count). The van der Waals surface area contributed by atoms with Crippen LogP contribution in [-0.4, -0.2) is 16.7 Å². The predicted octanol–water partition coefficient (Wildman–Crippen LogP) is 4.72. The average molecular weight is 290 g/mol. The molecule has 0 aliphatic rings. The molecule has 0 radical (unpaired) electrons.